The number of ether oxygens (including phenoxy) is 1. The molecule has 8 nitrogen and oxygen atoms in total. The zero-order chi connectivity index (χ0) is 31.4. The monoisotopic (exact) mass is 624 g/mol. The van der Waals surface area contributed by atoms with Gasteiger partial charge in [-0.1, -0.05) is 54.2 Å². The number of amidine groups is 1. The third kappa shape index (κ3) is 7.28. The second-order valence-electron chi connectivity index (χ2n) is 10.1. The lowest BCUT2D eigenvalue weighted by molar-refractivity contribution is -0.274. The molecule has 228 valence electrons. The predicted molar refractivity (Wildman–Crippen MR) is 163 cm³/mol. The average molecular weight is 625 g/mol. The average Bonchev–Trinajstić information content (AvgIpc) is 3.47. The topological polar surface area (TPSA) is 84.6 Å². The van der Waals surface area contributed by atoms with Crippen LogP contribution in [-0.2, 0) is 0 Å². The molecule has 1 fully saturated rings. The van der Waals surface area contributed by atoms with Crippen molar-refractivity contribution in [2.45, 2.75) is 39.6 Å². The molecule has 1 N–H and O–H groups in total. The van der Waals surface area contributed by atoms with Gasteiger partial charge in [0.05, 0.1) is 5.69 Å². The van der Waals surface area contributed by atoms with Gasteiger partial charge < -0.3 is 15.0 Å². The number of benzene rings is 3. The van der Waals surface area contributed by atoms with Gasteiger partial charge in [-0.25, -0.2) is 18.9 Å². The van der Waals surface area contributed by atoms with Crippen LogP contribution in [0.4, 0.5) is 28.0 Å². The van der Waals surface area contributed by atoms with Crippen molar-refractivity contribution in [1.82, 2.24) is 20.1 Å². The molecule has 1 unspecified atom stereocenters. The van der Waals surface area contributed by atoms with Gasteiger partial charge in [-0.05, 0) is 62.6 Å². The maximum Gasteiger partial charge on any atom is 0.573 e. The van der Waals surface area contributed by atoms with Gasteiger partial charge in [-0.15, -0.1) is 18.3 Å². The van der Waals surface area contributed by atoms with Gasteiger partial charge in [-0.3, -0.25) is 0 Å². The molecular weight excluding hydrogens is 596 g/mol. The fourth-order valence-corrected chi connectivity index (χ4v) is 5.92. The van der Waals surface area contributed by atoms with E-state index in [9.17, 15) is 22.4 Å². The number of nitrogens with zero attached hydrogens (tertiary/aromatic N) is 5. The minimum atomic E-state index is -4.78. The van der Waals surface area contributed by atoms with Gasteiger partial charge in [-0.2, -0.15) is 4.99 Å². The van der Waals surface area contributed by atoms with E-state index in [0.29, 0.717) is 22.2 Å². The molecule has 1 aromatic heterocycles. The summed E-state index contributed by atoms with van der Waals surface area (Å²) in [6.07, 6.45) is -1.46. The van der Waals surface area contributed by atoms with Crippen molar-refractivity contribution >= 4 is 34.5 Å². The van der Waals surface area contributed by atoms with E-state index in [-0.39, 0.29) is 17.4 Å². The van der Waals surface area contributed by atoms with E-state index in [2.05, 4.69) is 37.0 Å². The van der Waals surface area contributed by atoms with Crippen molar-refractivity contribution in [3.63, 3.8) is 0 Å². The molecule has 3 aromatic carbocycles. The van der Waals surface area contributed by atoms with Crippen LogP contribution in [0.1, 0.15) is 30.0 Å². The molecule has 44 heavy (non-hydrogen) atoms. The quantitative estimate of drug-likeness (QED) is 0.220. The van der Waals surface area contributed by atoms with Crippen molar-refractivity contribution in [3.8, 4) is 22.8 Å². The van der Waals surface area contributed by atoms with Gasteiger partial charge in [0, 0.05) is 34.8 Å². The molecule has 0 radical (unpaired) electrons. The molecule has 5 rings (SSSR count). The van der Waals surface area contributed by atoms with Crippen LogP contribution in [0.2, 0.25) is 0 Å². The van der Waals surface area contributed by atoms with Gasteiger partial charge in [0.1, 0.15) is 17.9 Å². The minimum absolute atomic E-state index is 0.146. The number of alkyl halides is 3. The summed E-state index contributed by atoms with van der Waals surface area (Å²) in [7, 11) is 0. The summed E-state index contributed by atoms with van der Waals surface area (Å²) < 4.78 is 57.4. The molecule has 0 bridgehead atoms. The number of hydrogen-bond acceptors (Lipinski definition) is 5. The number of rotatable bonds is 6. The van der Waals surface area contributed by atoms with E-state index in [1.165, 1.54) is 59.2 Å². The Labute approximate surface area is 255 Å². The van der Waals surface area contributed by atoms with Crippen LogP contribution < -0.4 is 15.0 Å². The van der Waals surface area contributed by atoms with Gasteiger partial charge in [0.15, 0.2) is 11.0 Å². The summed E-state index contributed by atoms with van der Waals surface area (Å²) in [5.74, 6) is 0.133. The van der Waals surface area contributed by atoms with E-state index in [1.54, 1.807) is 12.1 Å². The summed E-state index contributed by atoms with van der Waals surface area (Å²) in [5, 5.41) is 7.33. The first-order valence-electron chi connectivity index (χ1n) is 13.6. The number of para-hydroxylation sites is 1. The lowest BCUT2D eigenvalue weighted by atomic mass is 10.1. The number of anilines is 1. The Balaban J connectivity index is 1.25. The normalized spacial score (nSPS) is 16.7. The highest BCUT2D eigenvalue weighted by Crippen LogP contribution is 2.34. The van der Waals surface area contributed by atoms with E-state index in [4.69, 9.17) is 0 Å². The Morgan fingerprint density at radius 2 is 1.75 bits per heavy atom. The molecule has 2 heterocycles. The van der Waals surface area contributed by atoms with Crippen molar-refractivity contribution in [2.24, 2.45) is 4.99 Å². The van der Waals surface area contributed by atoms with Gasteiger partial charge in [0.2, 0.25) is 0 Å². The number of nitrogens with one attached hydrogen (secondary N) is 1. The smallest absolute Gasteiger partial charge is 0.406 e. The highest BCUT2D eigenvalue weighted by atomic mass is 32.2. The first-order valence-corrected chi connectivity index (χ1v) is 14.6. The Morgan fingerprint density at radius 1 is 1.07 bits per heavy atom. The summed E-state index contributed by atoms with van der Waals surface area (Å²) in [6.45, 7) is 6.14. The SMILES string of the molecule is Cc1cccc(C)c1N1C(=NC(=O)N/C=C(\F)c2ccc(-c3ncn(-c4ccc(OC(F)(F)F)cc4)n3)cc2)SCCC1C. The molecule has 0 spiro atoms. The zero-order valence-electron chi connectivity index (χ0n) is 24.0. The number of thioether (sulfide) groups is 1. The third-order valence-electron chi connectivity index (χ3n) is 6.86. The van der Waals surface area contributed by atoms with Crippen LogP contribution >= 0.6 is 11.8 Å². The third-order valence-corrected chi connectivity index (χ3v) is 7.85. The van der Waals surface area contributed by atoms with Crippen LogP contribution in [-0.4, -0.2) is 44.1 Å². The van der Waals surface area contributed by atoms with Crippen LogP contribution in [0, 0.1) is 13.8 Å². The molecule has 1 aliphatic rings. The summed E-state index contributed by atoms with van der Waals surface area (Å²) in [4.78, 5) is 23.3. The van der Waals surface area contributed by atoms with E-state index < -0.39 is 18.2 Å². The first kappa shape index (κ1) is 30.8. The highest BCUT2D eigenvalue weighted by Gasteiger charge is 2.31. The number of urea groups is 1. The largest absolute Gasteiger partial charge is 0.573 e. The molecular formula is C31H28F4N6O2S. The number of aromatic nitrogens is 3. The Hall–Kier alpha value is -4.65. The lowest BCUT2D eigenvalue weighted by Gasteiger charge is -2.37. The Morgan fingerprint density at radius 3 is 2.41 bits per heavy atom. The van der Waals surface area contributed by atoms with E-state index >= 15 is 0 Å². The number of carbonyl (C=O) groups is 1. The number of amides is 2. The van der Waals surface area contributed by atoms with E-state index in [1.807, 2.05) is 32.0 Å². The molecule has 13 heteroatoms. The maximum absolute atomic E-state index is 14.9. The van der Waals surface area contributed by atoms with Gasteiger partial charge >= 0.3 is 12.4 Å². The predicted octanol–water partition coefficient (Wildman–Crippen LogP) is 7.82. The lowest BCUT2D eigenvalue weighted by Crippen LogP contribution is -2.42. The molecule has 4 aromatic rings. The number of hydrogen-bond donors (Lipinski definition) is 1. The highest BCUT2D eigenvalue weighted by molar-refractivity contribution is 8.14. The van der Waals surface area contributed by atoms with Crippen LogP contribution in [0.5, 0.6) is 5.75 Å². The summed E-state index contributed by atoms with van der Waals surface area (Å²) >= 11 is 1.49. The number of halogens is 4. The van der Waals surface area contributed by atoms with Crippen LogP contribution in [0.15, 0.2) is 84.2 Å². The first-order chi connectivity index (χ1) is 21.0. The van der Waals surface area contributed by atoms with Crippen molar-refractivity contribution < 1.29 is 27.1 Å². The van der Waals surface area contributed by atoms with Gasteiger partial charge in [0.25, 0.3) is 0 Å². The number of carbonyl (C=O) groups excluding carboxylic acids is 1. The van der Waals surface area contributed by atoms with Crippen LogP contribution in [0.3, 0.4) is 0 Å². The molecule has 0 saturated carbocycles. The molecule has 0 aliphatic carbocycles. The summed E-state index contributed by atoms with van der Waals surface area (Å²) in [5.41, 5.74) is 4.46. The second kappa shape index (κ2) is 12.9. The fraction of sp³-hybridized carbons (Fsp3) is 0.226. The Bertz CT molecular complexity index is 1680. The molecule has 2 amide bonds. The minimum Gasteiger partial charge on any atom is -0.406 e. The van der Waals surface area contributed by atoms with E-state index in [0.717, 1.165) is 35.2 Å². The standard InChI is InChI=1S/C31H28F4N6O2S/c1-19-5-4-6-20(2)27(19)41-21(3)15-16-44-30(41)38-29(42)36-17-26(32)22-7-9-23(10-8-22)28-37-18-40(39-28)24-11-13-25(14-12-24)43-31(33,34)35/h4-14,17-18,21H,15-16H2,1-3H3,(H,36,42)/b26-17-,38-30?. The van der Waals surface area contributed by atoms with Crippen molar-refractivity contribution in [2.75, 3.05) is 10.7 Å². The molecule has 1 aliphatic heterocycles. The maximum atomic E-state index is 14.9. The summed E-state index contributed by atoms with van der Waals surface area (Å²) in [6, 6.07) is 17.0. The molecule has 1 atom stereocenters. The fourth-order valence-electron chi connectivity index (χ4n) is 4.72. The Kier molecular flexibility index (Phi) is 9.04. The zero-order valence-corrected chi connectivity index (χ0v) is 24.8. The van der Waals surface area contributed by atoms with Crippen LogP contribution in [0.25, 0.3) is 22.9 Å². The molecule has 1 saturated heterocycles. The second-order valence-corrected chi connectivity index (χ2v) is 11.1. The number of aryl methyl sites for hydroxylation is 2. The van der Waals surface area contributed by atoms with Crippen molar-refractivity contribution in [3.05, 3.63) is 95.9 Å². The van der Waals surface area contributed by atoms with Crippen molar-refractivity contribution in [1.29, 1.82) is 0 Å². The number of aliphatic imine (C=N–C) groups is 1.